The fourth-order valence-electron chi connectivity index (χ4n) is 2.18. The van der Waals surface area contributed by atoms with Crippen molar-refractivity contribution in [3.8, 4) is 0 Å². The predicted molar refractivity (Wildman–Crippen MR) is 90.2 cm³/mol. The van der Waals surface area contributed by atoms with Crippen molar-refractivity contribution >= 4 is 50.5 Å². The number of carbonyl (C=O) groups is 1. The van der Waals surface area contributed by atoms with E-state index in [0.717, 1.165) is 21.3 Å². The Labute approximate surface area is 140 Å². The molecule has 0 aliphatic rings. The first-order valence-electron chi connectivity index (χ1n) is 6.73. The summed E-state index contributed by atoms with van der Waals surface area (Å²) < 4.78 is 5.08. The summed E-state index contributed by atoms with van der Waals surface area (Å²) >= 11 is 9.25. The highest BCUT2D eigenvalue weighted by Gasteiger charge is 2.20. The molecule has 0 saturated carbocycles. The summed E-state index contributed by atoms with van der Waals surface area (Å²) in [5.41, 5.74) is 1.94. The molecule has 0 atom stereocenters. The third-order valence-corrected chi connectivity index (χ3v) is 5.37. The zero-order valence-corrected chi connectivity index (χ0v) is 14.4. The Morgan fingerprint density at radius 1 is 1.41 bits per heavy atom. The molecule has 7 heteroatoms. The van der Waals surface area contributed by atoms with Gasteiger partial charge in [-0.15, -0.1) is 11.3 Å². The molecule has 0 saturated heterocycles. The number of ether oxygens (including phenoxy) is 1. The number of halogens is 1. The van der Waals surface area contributed by atoms with Crippen LogP contribution in [0.3, 0.4) is 0 Å². The highest BCUT2D eigenvalue weighted by Crippen LogP contribution is 2.34. The Hall–Kier alpha value is -1.50. The van der Waals surface area contributed by atoms with Crippen LogP contribution < -0.4 is 0 Å². The second-order valence-corrected chi connectivity index (χ2v) is 6.83. The third-order valence-electron chi connectivity index (χ3n) is 3.20. The van der Waals surface area contributed by atoms with E-state index in [1.54, 1.807) is 18.3 Å². The molecule has 0 aliphatic heterocycles. The zero-order valence-electron chi connectivity index (χ0n) is 12.1. The van der Waals surface area contributed by atoms with Crippen molar-refractivity contribution in [3.63, 3.8) is 0 Å². The van der Waals surface area contributed by atoms with E-state index in [1.807, 2.05) is 18.4 Å². The molecule has 22 heavy (non-hydrogen) atoms. The molecule has 0 radical (unpaired) electrons. The molecule has 0 amide bonds. The molecule has 0 unspecified atom stereocenters. The van der Waals surface area contributed by atoms with Crippen LogP contribution in [0.1, 0.15) is 33.5 Å². The predicted octanol–water partition coefficient (Wildman–Crippen LogP) is 4.48. The van der Waals surface area contributed by atoms with E-state index in [0.29, 0.717) is 28.9 Å². The lowest BCUT2D eigenvalue weighted by atomic mass is 10.2. The number of fused-ring (bicyclic) bond motifs is 1. The molecule has 4 nitrogen and oxygen atoms in total. The van der Waals surface area contributed by atoms with E-state index in [2.05, 4.69) is 15.3 Å². The molecule has 3 aromatic heterocycles. The van der Waals surface area contributed by atoms with E-state index < -0.39 is 0 Å². The van der Waals surface area contributed by atoms with Gasteiger partial charge in [0.2, 0.25) is 0 Å². The van der Waals surface area contributed by atoms with Gasteiger partial charge < -0.3 is 4.74 Å². The number of hydrogen-bond donors (Lipinski definition) is 0. The average Bonchev–Trinajstić information content (AvgIpc) is 3.07. The van der Waals surface area contributed by atoms with Gasteiger partial charge in [0.15, 0.2) is 0 Å². The van der Waals surface area contributed by atoms with Gasteiger partial charge in [-0.3, -0.25) is 0 Å². The van der Waals surface area contributed by atoms with Crippen LogP contribution in [-0.2, 0) is 11.2 Å². The number of rotatable bonds is 4. The van der Waals surface area contributed by atoms with Crippen molar-refractivity contribution in [2.75, 3.05) is 6.61 Å². The number of aromatic nitrogens is 2. The van der Waals surface area contributed by atoms with Crippen LogP contribution in [0.5, 0.6) is 0 Å². The number of esters is 1. The Morgan fingerprint density at radius 2 is 2.23 bits per heavy atom. The summed E-state index contributed by atoms with van der Waals surface area (Å²) in [6.07, 6.45) is 0.630. The second kappa shape index (κ2) is 6.32. The van der Waals surface area contributed by atoms with Gasteiger partial charge in [0.25, 0.3) is 0 Å². The zero-order chi connectivity index (χ0) is 15.7. The molecule has 0 spiro atoms. The van der Waals surface area contributed by atoms with Gasteiger partial charge in [-0.1, -0.05) is 11.6 Å². The Morgan fingerprint density at radius 3 is 2.91 bits per heavy atom. The number of aryl methyl sites for hydroxylation is 1. The average molecular weight is 353 g/mol. The van der Waals surface area contributed by atoms with Crippen LogP contribution in [0.4, 0.5) is 0 Å². The van der Waals surface area contributed by atoms with Crippen LogP contribution in [0, 0.1) is 6.92 Å². The molecule has 3 aromatic rings. The van der Waals surface area contributed by atoms with Crippen molar-refractivity contribution in [1.82, 2.24) is 9.97 Å². The van der Waals surface area contributed by atoms with Gasteiger partial charge >= 0.3 is 5.97 Å². The minimum Gasteiger partial charge on any atom is -0.462 e. The summed E-state index contributed by atoms with van der Waals surface area (Å²) in [6.45, 7) is 3.97. The highest BCUT2D eigenvalue weighted by molar-refractivity contribution is 7.20. The van der Waals surface area contributed by atoms with E-state index in [1.165, 1.54) is 11.3 Å². The molecular formula is C15H13ClN2O2S2. The van der Waals surface area contributed by atoms with Crippen molar-refractivity contribution in [3.05, 3.63) is 43.8 Å². The summed E-state index contributed by atoms with van der Waals surface area (Å²) in [4.78, 5) is 22.2. The lowest BCUT2D eigenvalue weighted by molar-refractivity contribution is 0.0531. The lowest BCUT2D eigenvalue weighted by Gasteiger charge is -2.01. The first-order valence-corrected chi connectivity index (χ1v) is 8.87. The van der Waals surface area contributed by atoms with Gasteiger partial charge in [-0.2, -0.15) is 11.3 Å². The molecule has 0 aliphatic carbocycles. The van der Waals surface area contributed by atoms with E-state index in [-0.39, 0.29) is 5.97 Å². The summed E-state index contributed by atoms with van der Waals surface area (Å²) in [5, 5.41) is 5.21. The highest BCUT2D eigenvalue weighted by atomic mass is 35.5. The molecule has 3 rings (SSSR count). The van der Waals surface area contributed by atoms with E-state index in [4.69, 9.17) is 16.3 Å². The summed E-state index contributed by atoms with van der Waals surface area (Å²) in [5.74, 6) is 0.325. The van der Waals surface area contributed by atoms with Gasteiger partial charge in [0, 0.05) is 6.42 Å². The van der Waals surface area contributed by atoms with Crippen LogP contribution in [0.15, 0.2) is 16.8 Å². The summed E-state index contributed by atoms with van der Waals surface area (Å²) in [6, 6.07) is 2.04. The fraction of sp³-hybridized carbons (Fsp3) is 0.267. The maximum absolute atomic E-state index is 12.0. The lowest BCUT2D eigenvalue weighted by Crippen LogP contribution is -2.03. The Kier molecular flexibility index (Phi) is 4.42. The van der Waals surface area contributed by atoms with Crippen LogP contribution >= 0.6 is 34.3 Å². The molecule has 3 heterocycles. The van der Waals surface area contributed by atoms with Crippen LogP contribution in [0.2, 0.25) is 5.15 Å². The fourth-order valence-corrected chi connectivity index (χ4v) is 4.32. The monoisotopic (exact) mass is 352 g/mol. The van der Waals surface area contributed by atoms with E-state index in [9.17, 15) is 4.79 Å². The van der Waals surface area contributed by atoms with Gasteiger partial charge in [0.1, 0.15) is 20.7 Å². The summed E-state index contributed by atoms with van der Waals surface area (Å²) in [7, 11) is 0. The smallest absolute Gasteiger partial charge is 0.348 e. The molecule has 0 fully saturated rings. The van der Waals surface area contributed by atoms with E-state index >= 15 is 0 Å². The van der Waals surface area contributed by atoms with Crippen molar-refractivity contribution in [1.29, 1.82) is 0 Å². The second-order valence-electron chi connectivity index (χ2n) is 4.70. The quantitative estimate of drug-likeness (QED) is 0.513. The Balaban J connectivity index is 2.04. The largest absolute Gasteiger partial charge is 0.462 e. The van der Waals surface area contributed by atoms with Gasteiger partial charge in [0.05, 0.1) is 12.0 Å². The first kappa shape index (κ1) is 15.4. The number of thiophene rings is 2. The van der Waals surface area contributed by atoms with Gasteiger partial charge in [-0.25, -0.2) is 14.8 Å². The van der Waals surface area contributed by atoms with Gasteiger partial charge in [-0.05, 0) is 41.8 Å². The number of nitrogens with zero attached hydrogens (tertiary/aromatic N) is 2. The minimum atomic E-state index is -0.335. The van der Waals surface area contributed by atoms with Crippen LogP contribution in [-0.4, -0.2) is 22.5 Å². The molecule has 114 valence electrons. The van der Waals surface area contributed by atoms with Crippen molar-refractivity contribution in [2.45, 2.75) is 20.3 Å². The number of hydrogen-bond acceptors (Lipinski definition) is 6. The normalized spacial score (nSPS) is 11.0. The Bertz CT molecular complexity index is 828. The number of carbonyl (C=O) groups excluding carboxylic acids is 1. The van der Waals surface area contributed by atoms with Crippen molar-refractivity contribution in [2.24, 2.45) is 0 Å². The van der Waals surface area contributed by atoms with Crippen molar-refractivity contribution < 1.29 is 9.53 Å². The minimum absolute atomic E-state index is 0.335. The maximum atomic E-state index is 12.0. The standard InChI is InChI=1S/C15H13ClN2O2S2/c1-3-20-15(19)12-8(2)11-13(16)17-10(18-14(11)22-12)6-9-4-5-21-7-9/h4-5,7H,3,6H2,1-2H3. The molecule has 0 bridgehead atoms. The SMILES string of the molecule is CCOC(=O)c1sc2nc(Cc3ccsc3)nc(Cl)c2c1C. The maximum Gasteiger partial charge on any atom is 0.348 e. The topological polar surface area (TPSA) is 52.1 Å². The van der Waals surface area contributed by atoms with Crippen LogP contribution in [0.25, 0.3) is 10.2 Å². The molecular weight excluding hydrogens is 340 g/mol. The molecule has 0 N–H and O–H groups in total. The third kappa shape index (κ3) is 2.86. The molecule has 0 aromatic carbocycles. The first-order chi connectivity index (χ1) is 10.6.